The fourth-order valence-electron chi connectivity index (χ4n) is 3.57. The molecule has 108 valence electrons. The van der Waals surface area contributed by atoms with Gasteiger partial charge in [0.15, 0.2) is 0 Å². The van der Waals surface area contributed by atoms with Crippen molar-refractivity contribution in [3.63, 3.8) is 0 Å². The Kier molecular flexibility index (Phi) is 3.90. The summed E-state index contributed by atoms with van der Waals surface area (Å²) in [4.78, 5) is 0. The average molecular weight is 265 g/mol. The van der Waals surface area contributed by atoms with Gasteiger partial charge in [0.1, 0.15) is 6.10 Å². The maximum absolute atomic E-state index is 6.26. The topological polar surface area (TPSA) is 53.1 Å². The second-order valence-corrected chi connectivity index (χ2v) is 6.85. The maximum Gasteiger partial charge on any atom is 0.216 e. The molecule has 4 nitrogen and oxygen atoms in total. The minimum Gasteiger partial charge on any atom is -0.474 e. The normalized spacial score (nSPS) is 26.4. The van der Waals surface area contributed by atoms with Gasteiger partial charge in [0.25, 0.3) is 0 Å². The van der Waals surface area contributed by atoms with Gasteiger partial charge in [0.2, 0.25) is 5.88 Å². The zero-order valence-electron chi connectivity index (χ0n) is 12.9. The molecular weight excluding hydrogens is 238 g/mol. The van der Waals surface area contributed by atoms with Crippen LogP contribution >= 0.6 is 0 Å². The molecule has 0 aliphatic heterocycles. The van der Waals surface area contributed by atoms with E-state index in [1.54, 1.807) is 0 Å². The van der Waals surface area contributed by atoms with Gasteiger partial charge in [-0.25, -0.2) is 4.68 Å². The third-order valence-electron chi connectivity index (χ3n) is 4.12. The number of rotatable bonds is 3. The van der Waals surface area contributed by atoms with Gasteiger partial charge >= 0.3 is 0 Å². The van der Waals surface area contributed by atoms with Crippen LogP contribution in [0.1, 0.15) is 51.3 Å². The summed E-state index contributed by atoms with van der Waals surface area (Å²) in [5.74, 6) is 1.57. The molecule has 1 heterocycles. The molecule has 2 rings (SSSR count). The maximum atomic E-state index is 6.26. The van der Waals surface area contributed by atoms with Crippen molar-refractivity contribution in [1.82, 2.24) is 9.78 Å². The minimum atomic E-state index is 0.277. The number of ether oxygens (including phenoxy) is 1. The van der Waals surface area contributed by atoms with Crippen molar-refractivity contribution < 1.29 is 4.74 Å². The molecule has 2 unspecified atom stereocenters. The highest BCUT2D eigenvalue weighted by Crippen LogP contribution is 2.40. The lowest BCUT2D eigenvalue weighted by atomic mass is 9.71. The van der Waals surface area contributed by atoms with Crippen molar-refractivity contribution in [2.75, 3.05) is 0 Å². The monoisotopic (exact) mass is 265 g/mol. The molecule has 19 heavy (non-hydrogen) atoms. The van der Waals surface area contributed by atoms with E-state index < -0.39 is 0 Å². The number of aromatic nitrogens is 2. The molecule has 1 fully saturated rings. The predicted octanol–water partition coefficient (Wildman–Crippen LogP) is 2.78. The van der Waals surface area contributed by atoms with Crippen LogP contribution in [0.5, 0.6) is 5.88 Å². The molecule has 1 aliphatic carbocycles. The van der Waals surface area contributed by atoms with Crippen molar-refractivity contribution >= 4 is 0 Å². The number of nitrogens with zero attached hydrogens (tertiary/aromatic N) is 2. The third kappa shape index (κ3) is 3.11. The van der Waals surface area contributed by atoms with Crippen molar-refractivity contribution in [3.8, 4) is 5.88 Å². The first kappa shape index (κ1) is 14.4. The van der Waals surface area contributed by atoms with E-state index in [2.05, 4.69) is 25.9 Å². The fraction of sp³-hybridized carbons (Fsp3) is 0.800. The summed E-state index contributed by atoms with van der Waals surface area (Å²) in [6, 6.07) is 0. The van der Waals surface area contributed by atoms with Crippen LogP contribution in [0.4, 0.5) is 0 Å². The highest BCUT2D eigenvalue weighted by Gasteiger charge is 2.34. The van der Waals surface area contributed by atoms with Gasteiger partial charge in [-0.15, -0.1) is 0 Å². The van der Waals surface area contributed by atoms with E-state index in [1.807, 2.05) is 18.7 Å². The Balaban J connectivity index is 2.17. The largest absolute Gasteiger partial charge is 0.474 e. The van der Waals surface area contributed by atoms with E-state index in [9.17, 15) is 0 Å². The SMILES string of the molecule is Cc1nn(C)c(OC2CC(C)CC(C)(C)C2)c1CN. The summed E-state index contributed by atoms with van der Waals surface area (Å²) < 4.78 is 8.08. The van der Waals surface area contributed by atoms with Gasteiger partial charge in [-0.3, -0.25) is 0 Å². The molecule has 0 spiro atoms. The number of hydrogen-bond donors (Lipinski definition) is 1. The lowest BCUT2D eigenvalue weighted by Crippen LogP contribution is -2.34. The Hall–Kier alpha value is -1.03. The standard InChI is InChI=1S/C15H27N3O/c1-10-6-12(8-15(3,4)7-10)19-14-13(9-16)11(2)17-18(14)5/h10,12H,6-9,16H2,1-5H3. The molecule has 0 saturated heterocycles. The molecule has 1 aliphatic rings. The molecule has 2 N–H and O–H groups in total. The smallest absolute Gasteiger partial charge is 0.216 e. The van der Waals surface area contributed by atoms with Crippen LogP contribution in [0.25, 0.3) is 0 Å². The van der Waals surface area contributed by atoms with Crippen molar-refractivity contribution in [2.24, 2.45) is 24.1 Å². The van der Waals surface area contributed by atoms with Crippen LogP contribution in [0.15, 0.2) is 0 Å². The van der Waals surface area contributed by atoms with Crippen LogP contribution in [-0.4, -0.2) is 15.9 Å². The first-order valence-electron chi connectivity index (χ1n) is 7.21. The van der Waals surface area contributed by atoms with Gasteiger partial charge in [-0.05, 0) is 37.5 Å². The van der Waals surface area contributed by atoms with E-state index in [0.29, 0.717) is 17.9 Å². The van der Waals surface area contributed by atoms with E-state index in [0.717, 1.165) is 30.0 Å². The molecule has 0 bridgehead atoms. The zero-order valence-corrected chi connectivity index (χ0v) is 12.9. The van der Waals surface area contributed by atoms with Crippen LogP contribution in [0.3, 0.4) is 0 Å². The fourth-order valence-corrected chi connectivity index (χ4v) is 3.57. The minimum absolute atomic E-state index is 0.277. The highest BCUT2D eigenvalue weighted by atomic mass is 16.5. The van der Waals surface area contributed by atoms with Crippen molar-refractivity contribution in [2.45, 2.75) is 59.6 Å². The van der Waals surface area contributed by atoms with Crippen LogP contribution in [0.2, 0.25) is 0 Å². The van der Waals surface area contributed by atoms with Gasteiger partial charge in [0.05, 0.1) is 11.3 Å². The molecule has 0 amide bonds. The number of hydrogen-bond acceptors (Lipinski definition) is 3. The van der Waals surface area contributed by atoms with Crippen LogP contribution < -0.4 is 10.5 Å². The van der Waals surface area contributed by atoms with Crippen molar-refractivity contribution in [3.05, 3.63) is 11.3 Å². The van der Waals surface area contributed by atoms with Gasteiger partial charge in [-0.1, -0.05) is 20.8 Å². The predicted molar refractivity (Wildman–Crippen MR) is 77.0 cm³/mol. The average Bonchev–Trinajstić information content (AvgIpc) is 2.50. The highest BCUT2D eigenvalue weighted by molar-refractivity contribution is 5.30. The molecule has 0 radical (unpaired) electrons. The lowest BCUT2D eigenvalue weighted by Gasteiger charge is -2.38. The van der Waals surface area contributed by atoms with Crippen molar-refractivity contribution in [1.29, 1.82) is 0 Å². The first-order valence-corrected chi connectivity index (χ1v) is 7.21. The number of nitrogens with two attached hydrogens (primary N) is 1. The quantitative estimate of drug-likeness (QED) is 0.914. The molecule has 2 atom stereocenters. The van der Waals surface area contributed by atoms with E-state index in [4.69, 9.17) is 10.5 Å². The van der Waals surface area contributed by atoms with Crippen LogP contribution in [0, 0.1) is 18.3 Å². The third-order valence-corrected chi connectivity index (χ3v) is 4.12. The molecule has 1 aromatic rings. The number of aryl methyl sites for hydroxylation is 2. The van der Waals surface area contributed by atoms with Gasteiger partial charge in [0, 0.05) is 13.6 Å². The summed E-state index contributed by atoms with van der Waals surface area (Å²) in [6.45, 7) is 9.45. The van der Waals surface area contributed by atoms with E-state index in [-0.39, 0.29) is 6.10 Å². The second-order valence-electron chi connectivity index (χ2n) is 6.85. The Morgan fingerprint density at radius 3 is 2.68 bits per heavy atom. The Bertz CT molecular complexity index is 450. The molecule has 1 saturated carbocycles. The summed E-state index contributed by atoms with van der Waals surface area (Å²) in [5.41, 5.74) is 8.19. The summed E-state index contributed by atoms with van der Waals surface area (Å²) in [5, 5.41) is 4.41. The zero-order chi connectivity index (χ0) is 14.2. The molecule has 0 aromatic carbocycles. The second kappa shape index (κ2) is 5.16. The van der Waals surface area contributed by atoms with E-state index >= 15 is 0 Å². The lowest BCUT2D eigenvalue weighted by molar-refractivity contribution is 0.0498. The van der Waals surface area contributed by atoms with Gasteiger partial charge in [-0.2, -0.15) is 5.10 Å². The Morgan fingerprint density at radius 1 is 1.42 bits per heavy atom. The Labute approximate surface area is 116 Å². The van der Waals surface area contributed by atoms with Crippen LogP contribution in [-0.2, 0) is 13.6 Å². The molecule has 4 heteroatoms. The molecular formula is C15H27N3O. The first-order chi connectivity index (χ1) is 8.82. The summed E-state index contributed by atoms with van der Waals surface area (Å²) in [7, 11) is 1.93. The van der Waals surface area contributed by atoms with Gasteiger partial charge < -0.3 is 10.5 Å². The summed E-state index contributed by atoms with van der Waals surface area (Å²) >= 11 is 0. The van der Waals surface area contributed by atoms with E-state index in [1.165, 1.54) is 6.42 Å². The molecule has 1 aromatic heterocycles. The Morgan fingerprint density at radius 2 is 2.11 bits per heavy atom. The summed E-state index contributed by atoms with van der Waals surface area (Å²) in [6.07, 6.45) is 3.78.